The van der Waals surface area contributed by atoms with Gasteiger partial charge in [-0.25, -0.2) is 9.97 Å². The lowest BCUT2D eigenvalue weighted by Gasteiger charge is -2.14. The van der Waals surface area contributed by atoms with E-state index >= 15 is 0 Å². The number of benzene rings is 8. The molecule has 3 nitrogen and oxygen atoms in total. The van der Waals surface area contributed by atoms with Crippen molar-refractivity contribution in [3.05, 3.63) is 194 Å². The van der Waals surface area contributed by atoms with Gasteiger partial charge in [0.05, 0.1) is 11.4 Å². The third-order valence-corrected chi connectivity index (χ3v) is 10.0. The van der Waals surface area contributed by atoms with Crippen molar-refractivity contribution in [1.29, 1.82) is 0 Å². The highest BCUT2D eigenvalue weighted by molar-refractivity contribution is 6.16. The zero-order chi connectivity index (χ0) is 35.1. The second kappa shape index (κ2) is 12.9. The molecule has 0 aliphatic rings. The highest BCUT2D eigenvalue weighted by Crippen LogP contribution is 2.41. The Labute approximate surface area is 307 Å². The van der Waals surface area contributed by atoms with Gasteiger partial charge in [0.1, 0.15) is 11.2 Å². The molecule has 0 fully saturated rings. The van der Waals surface area contributed by atoms with Crippen molar-refractivity contribution in [3.63, 3.8) is 0 Å². The summed E-state index contributed by atoms with van der Waals surface area (Å²) < 4.78 is 6.58. The van der Waals surface area contributed by atoms with Gasteiger partial charge in [0.15, 0.2) is 5.82 Å². The quantitative estimate of drug-likeness (QED) is 0.176. The molecule has 8 aromatic carbocycles. The highest BCUT2D eigenvalue weighted by atomic mass is 16.3. The Morgan fingerprint density at radius 3 is 1.60 bits per heavy atom. The minimum Gasteiger partial charge on any atom is -0.456 e. The Hall–Kier alpha value is -7.10. The Morgan fingerprint density at radius 1 is 0.321 bits per heavy atom. The third kappa shape index (κ3) is 5.75. The van der Waals surface area contributed by atoms with E-state index in [1.807, 2.05) is 24.3 Å². The number of fused-ring (bicyclic) bond motifs is 4. The van der Waals surface area contributed by atoms with E-state index in [-0.39, 0.29) is 0 Å². The fraction of sp³-hybridized carbons (Fsp3) is 0. The molecule has 0 spiro atoms. The molecule has 53 heavy (non-hydrogen) atoms. The zero-order valence-electron chi connectivity index (χ0n) is 28.8. The van der Waals surface area contributed by atoms with E-state index in [0.29, 0.717) is 5.82 Å². The molecule has 0 radical (unpaired) electrons. The molecule has 0 bridgehead atoms. The van der Waals surface area contributed by atoms with E-state index < -0.39 is 0 Å². The first kappa shape index (κ1) is 30.7. The normalized spacial score (nSPS) is 11.4. The summed E-state index contributed by atoms with van der Waals surface area (Å²) in [6.07, 6.45) is 0. The Balaban J connectivity index is 1.20. The van der Waals surface area contributed by atoms with Crippen molar-refractivity contribution in [2.45, 2.75) is 0 Å². The van der Waals surface area contributed by atoms with E-state index in [4.69, 9.17) is 14.4 Å². The average Bonchev–Trinajstić information content (AvgIpc) is 3.61. The van der Waals surface area contributed by atoms with Crippen LogP contribution < -0.4 is 0 Å². The summed E-state index contributed by atoms with van der Waals surface area (Å²) in [5.41, 5.74) is 13.4. The first-order valence-corrected chi connectivity index (χ1v) is 17.9. The largest absolute Gasteiger partial charge is 0.456 e. The SMILES string of the molecule is c1ccc(-c2cc(-c3cc(-c4ccccc4)nc(-c4ccccc4)n3)cc(-c3cccc4oc5cc6ccc(-c7ccccc7)cc6cc5c34)c2)cc1. The predicted molar refractivity (Wildman–Crippen MR) is 219 cm³/mol. The number of nitrogens with zero attached hydrogens (tertiary/aromatic N) is 2. The molecule has 0 aliphatic heterocycles. The Kier molecular flexibility index (Phi) is 7.47. The topological polar surface area (TPSA) is 38.9 Å². The fourth-order valence-corrected chi connectivity index (χ4v) is 7.42. The van der Waals surface area contributed by atoms with Gasteiger partial charge in [0.2, 0.25) is 0 Å². The first-order chi connectivity index (χ1) is 26.2. The van der Waals surface area contributed by atoms with Crippen molar-refractivity contribution in [2.75, 3.05) is 0 Å². The van der Waals surface area contributed by atoms with Gasteiger partial charge in [-0.05, 0) is 92.7 Å². The van der Waals surface area contributed by atoms with Gasteiger partial charge in [0, 0.05) is 27.5 Å². The van der Waals surface area contributed by atoms with Crippen LogP contribution in [-0.4, -0.2) is 9.97 Å². The smallest absolute Gasteiger partial charge is 0.160 e. The first-order valence-electron chi connectivity index (χ1n) is 17.9. The van der Waals surface area contributed by atoms with E-state index in [0.717, 1.165) is 77.7 Å². The zero-order valence-corrected chi connectivity index (χ0v) is 28.8. The van der Waals surface area contributed by atoms with Gasteiger partial charge in [-0.2, -0.15) is 0 Å². The molecule has 10 rings (SSSR count). The molecule has 0 aliphatic carbocycles. The minimum absolute atomic E-state index is 0.693. The van der Waals surface area contributed by atoms with E-state index in [1.54, 1.807) is 0 Å². The molecule has 2 heterocycles. The molecule has 10 aromatic rings. The Bertz CT molecular complexity index is 2860. The summed E-state index contributed by atoms with van der Waals surface area (Å²) in [5, 5.41) is 4.53. The molecule has 0 atom stereocenters. The molecule has 0 unspecified atom stereocenters. The van der Waals surface area contributed by atoms with Gasteiger partial charge in [-0.3, -0.25) is 0 Å². The van der Waals surface area contributed by atoms with Crippen LogP contribution in [-0.2, 0) is 0 Å². The lowest BCUT2D eigenvalue weighted by Crippen LogP contribution is -1.96. The molecule has 2 aromatic heterocycles. The van der Waals surface area contributed by atoms with Crippen LogP contribution in [0.25, 0.3) is 100.0 Å². The van der Waals surface area contributed by atoms with E-state index in [1.165, 1.54) is 16.5 Å². The number of rotatable bonds is 6. The van der Waals surface area contributed by atoms with Crippen molar-refractivity contribution in [1.82, 2.24) is 9.97 Å². The summed E-state index contributed by atoms with van der Waals surface area (Å²) in [7, 11) is 0. The molecular weight excluding hydrogens is 645 g/mol. The number of hydrogen-bond donors (Lipinski definition) is 0. The molecule has 0 saturated carbocycles. The van der Waals surface area contributed by atoms with Crippen LogP contribution >= 0.6 is 0 Å². The van der Waals surface area contributed by atoms with Crippen LogP contribution in [0.4, 0.5) is 0 Å². The van der Waals surface area contributed by atoms with Crippen LogP contribution in [0.5, 0.6) is 0 Å². The van der Waals surface area contributed by atoms with Crippen LogP contribution in [0.1, 0.15) is 0 Å². The molecule has 0 N–H and O–H groups in total. The third-order valence-electron chi connectivity index (χ3n) is 10.0. The summed E-state index contributed by atoms with van der Waals surface area (Å²) >= 11 is 0. The predicted octanol–water partition coefficient (Wildman–Crippen LogP) is 13.5. The maximum Gasteiger partial charge on any atom is 0.160 e. The summed E-state index contributed by atoms with van der Waals surface area (Å²) in [4.78, 5) is 10.3. The standard InChI is InChI=1S/C50H32N2O/c1-5-14-33(15-6-1)37-24-25-38-31-48-44(30-40(38)26-37)49-43(22-13-23-47(49)53-48)41-27-39(34-16-7-2-8-17-34)28-42(29-41)46-32-45(35-18-9-3-10-19-35)51-50(52-46)36-20-11-4-12-21-36/h1-32H. The monoisotopic (exact) mass is 676 g/mol. The molecule has 248 valence electrons. The number of hydrogen-bond acceptors (Lipinski definition) is 3. The molecular formula is C50H32N2O. The number of aromatic nitrogens is 2. The maximum atomic E-state index is 6.58. The average molecular weight is 677 g/mol. The van der Waals surface area contributed by atoms with Gasteiger partial charge < -0.3 is 4.42 Å². The Morgan fingerprint density at radius 2 is 0.906 bits per heavy atom. The summed E-state index contributed by atoms with van der Waals surface area (Å²) in [6, 6.07) is 68.1. The van der Waals surface area contributed by atoms with Crippen LogP contribution in [0.3, 0.4) is 0 Å². The maximum absolute atomic E-state index is 6.58. The molecule has 3 heteroatoms. The molecule has 0 amide bonds. The fourth-order valence-electron chi connectivity index (χ4n) is 7.42. The van der Waals surface area contributed by atoms with Crippen LogP contribution in [0.2, 0.25) is 0 Å². The van der Waals surface area contributed by atoms with E-state index in [2.05, 4.69) is 170 Å². The van der Waals surface area contributed by atoms with E-state index in [9.17, 15) is 0 Å². The van der Waals surface area contributed by atoms with Crippen molar-refractivity contribution in [2.24, 2.45) is 0 Å². The second-order valence-electron chi connectivity index (χ2n) is 13.4. The van der Waals surface area contributed by atoms with Gasteiger partial charge in [0.25, 0.3) is 0 Å². The van der Waals surface area contributed by atoms with Crippen molar-refractivity contribution >= 4 is 32.7 Å². The number of furan rings is 1. The summed E-state index contributed by atoms with van der Waals surface area (Å²) in [6.45, 7) is 0. The minimum atomic E-state index is 0.693. The summed E-state index contributed by atoms with van der Waals surface area (Å²) in [5.74, 6) is 0.693. The second-order valence-corrected chi connectivity index (χ2v) is 13.4. The van der Waals surface area contributed by atoms with Gasteiger partial charge >= 0.3 is 0 Å². The van der Waals surface area contributed by atoms with Crippen LogP contribution in [0.15, 0.2) is 199 Å². The van der Waals surface area contributed by atoms with Crippen molar-refractivity contribution < 1.29 is 4.42 Å². The van der Waals surface area contributed by atoms with Gasteiger partial charge in [-0.1, -0.05) is 146 Å². The van der Waals surface area contributed by atoms with Gasteiger partial charge in [-0.15, -0.1) is 0 Å². The molecule has 0 saturated heterocycles. The lowest BCUT2D eigenvalue weighted by molar-refractivity contribution is 0.669. The lowest BCUT2D eigenvalue weighted by atomic mass is 9.92. The highest BCUT2D eigenvalue weighted by Gasteiger charge is 2.17. The van der Waals surface area contributed by atoms with Crippen molar-refractivity contribution in [3.8, 4) is 67.3 Å². The van der Waals surface area contributed by atoms with Crippen LogP contribution in [0, 0.1) is 0 Å².